The van der Waals surface area contributed by atoms with Crippen molar-refractivity contribution in [3.8, 4) is 0 Å². The highest BCUT2D eigenvalue weighted by Crippen LogP contribution is 2.09. The zero-order chi connectivity index (χ0) is 22.2. The second-order valence-electron chi connectivity index (χ2n) is 5.76. The third-order valence-electron chi connectivity index (χ3n) is 3.77. The molecule has 2 heterocycles. The molecule has 0 aromatic carbocycles. The smallest absolute Gasteiger partial charge is 0.345 e. The van der Waals surface area contributed by atoms with Gasteiger partial charge in [0.2, 0.25) is 5.91 Å². The number of hydrogen-bond acceptors (Lipinski definition) is 6. The molecule has 0 unspecified atom stereocenters. The lowest BCUT2D eigenvalue weighted by molar-refractivity contribution is -0.123. The summed E-state index contributed by atoms with van der Waals surface area (Å²) in [6.07, 6.45) is 5.59. The summed E-state index contributed by atoms with van der Waals surface area (Å²) in [4.78, 5) is 50.8. The van der Waals surface area contributed by atoms with E-state index < -0.39 is 0 Å². The Labute approximate surface area is 167 Å². The van der Waals surface area contributed by atoms with Crippen LogP contribution in [0.1, 0.15) is 42.5 Å². The van der Waals surface area contributed by atoms with Crippen molar-refractivity contribution in [2.45, 2.75) is 53.1 Å². The van der Waals surface area contributed by atoms with E-state index in [-0.39, 0.29) is 24.5 Å². The van der Waals surface area contributed by atoms with Crippen LogP contribution in [0.4, 0.5) is 0 Å². The number of aromatic nitrogens is 4. The molecule has 0 aliphatic carbocycles. The predicted octanol–water partition coefficient (Wildman–Crippen LogP) is 0.644. The maximum absolute atomic E-state index is 12.0. The van der Waals surface area contributed by atoms with Crippen LogP contribution in [0.3, 0.4) is 0 Å². The first kappa shape index (κ1) is 25.5. The van der Waals surface area contributed by atoms with E-state index >= 15 is 0 Å². The number of rotatable bonds is 7. The molecule has 0 fully saturated rings. The lowest BCUT2D eigenvalue weighted by Gasteiger charge is -2.10. The average molecular weight is 409 g/mol. The van der Waals surface area contributed by atoms with Crippen LogP contribution in [0, 0.1) is 13.8 Å². The number of carboxylic acid groups (broad SMARTS) is 2. The highest BCUT2D eigenvalue weighted by Gasteiger charge is 2.10. The Morgan fingerprint density at radius 2 is 1.90 bits per heavy atom. The van der Waals surface area contributed by atoms with Crippen LogP contribution < -0.4 is 11.0 Å². The largest absolute Gasteiger partial charge is 0.483 e. The van der Waals surface area contributed by atoms with E-state index in [1.807, 2.05) is 17.7 Å². The van der Waals surface area contributed by atoms with Crippen molar-refractivity contribution < 1.29 is 24.6 Å². The van der Waals surface area contributed by atoms with E-state index in [1.165, 1.54) is 0 Å². The molecule has 0 aliphatic heterocycles. The van der Waals surface area contributed by atoms with E-state index in [2.05, 4.69) is 27.2 Å². The number of H-pyrrole nitrogens is 1. The fourth-order valence-electron chi connectivity index (χ4n) is 2.58. The zero-order valence-electron chi connectivity index (χ0n) is 16.7. The van der Waals surface area contributed by atoms with E-state index in [1.54, 1.807) is 13.1 Å². The molecule has 11 heteroatoms. The Kier molecular flexibility index (Phi) is 12.8. The summed E-state index contributed by atoms with van der Waals surface area (Å²) in [6, 6.07) is 0. The number of carbonyl (C=O) groups is 3. The minimum Gasteiger partial charge on any atom is -0.483 e. The van der Waals surface area contributed by atoms with Crippen molar-refractivity contribution >= 4 is 18.9 Å². The Balaban J connectivity index is 0.00000116. The topological polar surface area (TPSA) is 167 Å². The van der Waals surface area contributed by atoms with E-state index in [0.29, 0.717) is 25.1 Å². The van der Waals surface area contributed by atoms with Crippen LogP contribution in [0.5, 0.6) is 0 Å². The molecule has 1 amide bonds. The second kappa shape index (κ2) is 14.5. The molecule has 0 saturated carbocycles. The third-order valence-corrected chi connectivity index (χ3v) is 3.77. The summed E-state index contributed by atoms with van der Waals surface area (Å²) < 4.78 is 2.04. The van der Waals surface area contributed by atoms with Crippen LogP contribution in [0.15, 0.2) is 17.2 Å². The van der Waals surface area contributed by atoms with Crippen LogP contribution in [-0.2, 0) is 33.9 Å². The monoisotopic (exact) mass is 409 g/mol. The maximum Gasteiger partial charge on any atom is 0.345 e. The molecule has 160 valence electrons. The normalized spacial score (nSPS) is 9.34. The van der Waals surface area contributed by atoms with Gasteiger partial charge in [-0.1, -0.05) is 6.92 Å². The van der Waals surface area contributed by atoms with Crippen molar-refractivity contribution in [1.82, 2.24) is 24.8 Å². The first-order chi connectivity index (χ1) is 13.8. The minimum absolute atomic E-state index is 0.0407. The van der Waals surface area contributed by atoms with Crippen molar-refractivity contribution in [3.63, 3.8) is 0 Å². The number of imidazole rings is 1. The van der Waals surface area contributed by atoms with Gasteiger partial charge in [0.25, 0.3) is 12.9 Å². The molecule has 0 saturated heterocycles. The maximum atomic E-state index is 12.0. The van der Waals surface area contributed by atoms with Crippen molar-refractivity contribution in [2.75, 3.05) is 0 Å². The van der Waals surface area contributed by atoms with Gasteiger partial charge < -0.3 is 25.1 Å². The Bertz CT molecular complexity index is 798. The molecule has 0 radical (unpaired) electrons. The molecule has 29 heavy (non-hydrogen) atoms. The molecule has 0 spiro atoms. The lowest BCUT2D eigenvalue weighted by atomic mass is 10.1. The van der Waals surface area contributed by atoms with Gasteiger partial charge >= 0.3 is 5.69 Å². The summed E-state index contributed by atoms with van der Waals surface area (Å²) in [7, 11) is 0. The summed E-state index contributed by atoms with van der Waals surface area (Å²) in [6.45, 7) is 6.54. The number of amides is 1. The fraction of sp³-hybridized carbons (Fsp3) is 0.444. The van der Waals surface area contributed by atoms with Gasteiger partial charge in [-0.3, -0.25) is 14.4 Å². The van der Waals surface area contributed by atoms with Gasteiger partial charge in [-0.25, -0.2) is 9.78 Å². The number of carbonyl (C=O) groups excluding carboxylic acids is 1. The van der Waals surface area contributed by atoms with Crippen molar-refractivity contribution in [3.05, 3.63) is 45.7 Å². The molecular formula is C18H27N5O6. The van der Waals surface area contributed by atoms with Crippen LogP contribution in [0.2, 0.25) is 0 Å². The van der Waals surface area contributed by atoms with Gasteiger partial charge in [0.05, 0.1) is 6.54 Å². The molecule has 11 nitrogen and oxygen atoms in total. The third kappa shape index (κ3) is 9.84. The van der Waals surface area contributed by atoms with Crippen LogP contribution in [0.25, 0.3) is 0 Å². The molecular weight excluding hydrogens is 382 g/mol. The highest BCUT2D eigenvalue weighted by atomic mass is 16.3. The molecule has 0 atom stereocenters. The Morgan fingerprint density at radius 3 is 2.45 bits per heavy atom. The summed E-state index contributed by atoms with van der Waals surface area (Å²) in [5.74, 6) is 0.819. The Hall–Kier alpha value is -3.50. The van der Waals surface area contributed by atoms with E-state index in [9.17, 15) is 9.59 Å². The van der Waals surface area contributed by atoms with Gasteiger partial charge in [0.15, 0.2) is 0 Å². The Morgan fingerprint density at radius 1 is 1.28 bits per heavy atom. The molecule has 2 aromatic rings. The fourth-order valence-corrected chi connectivity index (χ4v) is 2.58. The van der Waals surface area contributed by atoms with Crippen LogP contribution >= 0.6 is 0 Å². The van der Waals surface area contributed by atoms with Gasteiger partial charge in [-0.05, 0) is 32.3 Å². The summed E-state index contributed by atoms with van der Waals surface area (Å²) >= 11 is 0. The second-order valence-corrected chi connectivity index (χ2v) is 5.76. The first-order valence-corrected chi connectivity index (χ1v) is 8.83. The van der Waals surface area contributed by atoms with Crippen molar-refractivity contribution in [2.24, 2.45) is 0 Å². The molecule has 4 N–H and O–H groups in total. The van der Waals surface area contributed by atoms with E-state index in [4.69, 9.17) is 19.8 Å². The highest BCUT2D eigenvalue weighted by molar-refractivity contribution is 5.76. The average Bonchev–Trinajstić information content (AvgIpc) is 3.08. The summed E-state index contributed by atoms with van der Waals surface area (Å²) in [5.41, 5.74) is 2.02. The quantitative estimate of drug-likeness (QED) is 0.483. The molecule has 2 aromatic heterocycles. The number of aromatic amines is 1. The SMILES string of the molecule is CCCn1ccnc1CNC(=O)CCc1c(C)nc(=O)[nH]c1C.O=CO.O=CO. The predicted molar refractivity (Wildman–Crippen MR) is 104 cm³/mol. The van der Waals surface area contributed by atoms with Gasteiger partial charge in [0, 0.05) is 36.7 Å². The number of hydrogen-bond donors (Lipinski definition) is 4. The first-order valence-electron chi connectivity index (χ1n) is 8.83. The number of nitrogens with zero attached hydrogens (tertiary/aromatic N) is 3. The molecule has 2 rings (SSSR count). The molecule has 0 bridgehead atoms. The summed E-state index contributed by atoms with van der Waals surface area (Å²) in [5, 5.41) is 16.7. The van der Waals surface area contributed by atoms with Crippen LogP contribution in [-0.4, -0.2) is 48.6 Å². The van der Waals surface area contributed by atoms with Gasteiger partial charge in [-0.2, -0.15) is 4.98 Å². The standard InChI is InChI=1S/C16H23N5O2.2CH2O2/c1-4-8-21-9-7-17-14(21)10-18-15(22)6-5-13-11(2)19-16(23)20-12(13)3;2*2-1-3/h7,9H,4-6,8,10H2,1-3H3,(H,18,22)(H,19,20,23);2*1H,(H,2,3). The number of nitrogens with one attached hydrogen (secondary N) is 2. The molecule has 0 aliphatic rings. The number of aryl methyl sites for hydroxylation is 3. The zero-order valence-corrected chi connectivity index (χ0v) is 16.7. The minimum atomic E-state index is -0.351. The lowest BCUT2D eigenvalue weighted by Crippen LogP contribution is -2.25. The van der Waals surface area contributed by atoms with Crippen molar-refractivity contribution in [1.29, 1.82) is 0 Å². The van der Waals surface area contributed by atoms with Gasteiger partial charge in [-0.15, -0.1) is 0 Å². The van der Waals surface area contributed by atoms with E-state index in [0.717, 1.165) is 30.0 Å². The van der Waals surface area contributed by atoms with Gasteiger partial charge in [0.1, 0.15) is 5.82 Å².